The minimum Gasteiger partial charge on any atom is -0.337 e. The van der Waals surface area contributed by atoms with Crippen molar-refractivity contribution in [2.45, 2.75) is 38.0 Å². The van der Waals surface area contributed by atoms with Crippen molar-refractivity contribution < 1.29 is 18.4 Å². The van der Waals surface area contributed by atoms with Crippen LogP contribution in [0.5, 0.6) is 0 Å². The number of amides is 2. The van der Waals surface area contributed by atoms with Crippen molar-refractivity contribution in [2.75, 3.05) is 19.6 Å². The topological polar surface area (TPSA) is 71.3 Å². The Morgan fingerprint density at radius 2 is 1.97 bits per heavy atom. The molecule has 154 valence electrons. The van der Waals surface area contributed by atoms with Gasteiger partial charge in [0.15, 0.2) is 5.69 Å². The number of hydrogen-bond acceptors (Lipinski definition) is 4. The fraction of sp³-hybridized carbons (Fsp3) is 0.474. The van der Waals surface area contributed by atoms with Crippen molar-refractivity contribution in [1.29, 1.82) is 0 Å². The smallest absolute Gasteiger partial charge is 0.276 e. The third kappa shape index (κ3) is 4.10. The van der Waals surface area contributed by atoms with Gasteiger partial charge in [0.05, 0.1) is 30.9 Å². The van der Waals surface area contributed by atoms with Gasteiger partial charge in [-0.3, -0.25) is 9.59 Å². The second-order valence-corrected chi connectivity index (χ2v) is 7.83. The number of hydrogen-bond donors (Lipinski definition) is 0. The first-order valence-corrected chi connectivity index (χ1v) is 9.89. The summed E-state index contributed by atoms with van der Waals surface area (Å²) in [4.78, 5) is 28.2. The first-order valence-electron chi connectivity index (χ1n) is 9.52. The Bertz CT molecular complexity index is 931. The predicted octanol–water partition coefficient (Wildman–Crippen LogP) is 2.56. The van der Waals surface area contributed by atoms with Gasteiger partial charge in [-0.05, 0) is 31.0 Å². The van der Waals surface area contributed by atoms with Gasteiger partial charge in [0.25, 0.3) is 11.8 Å². The largest absolute Gasteiger partial charge is 0.337 e. The van der Waals surface area contributed by atoms with Crippen LogP contribution in [-0.2, 0) is 6.54 Å². The number of halogens is 3. The van der Waals surface area contributed by atoms with Gasteiger partial charge in [0.2, 0.25) is 0 Å². The van der Waals surface area contributed by atoms with Gasteiger partial charge in [-0.25, -0.2) is 13.5 Å². The molecule has 2 aromatic rings. The highest BCUT2D eigenvalue weighted by molar-refractivity contribution is 6.31. The van der Waals surface area contributed by atoms with E-state index in [9.17, 15) is 18.4 Å². The van der Waals surface area contributed by atoms with Crippen molar-refractivity contribution >= 4 is 23.4 Å². The quantitative estimate of drug-likeness (QED) is 0.757. The Hall–Kier alpha value is -2.55. The molecule has 1 aromatic carbocycles. The maximum Gasteiger partial charge on any atom is 0.276 e. The number of carbonyl (C=O) groups is 2. The van der Waals surface area contributed by atoms with Gasteiger partial charge in [0, 0.05) is 24.5 Å². The van der Waals surface area contributed by atoms with E-state index >= 15 is 0 Å². The summed E-state index contributed by atoms with van der Waals surface area (Å²) in [5.41, 5.74) is 0.0283. The molecule has 2 aliphatic rings. The standard InChI is InChI=1S/C19H20ClF2N5O2/c20-12-3-4-16(22)15(7-12)18(28)27-9-13(21)8-14(27)10-26-11-17(23-24-26)19(29)25-5-1-2-6-25/h3-4,7,11,13-14H,1-2,5-6,8-10H2/t13-,14-/m0/s1. The zero-order valence-corrected chi connectivity index (χ0v) is 16.4. The van der Waals surface area contributed by atoms with Crippen LogP contribution in [0, 0.1) is 5.82 Å². The van der Waals surface area contributed by atoms with Crippen LogP contribution in [0.25, 0.3) is 0 Å². The van der Waals surface area contributed by atoms with Crippen molar-refractivity contribution in [1.82, 2.24) is 24.8 Å². The lowest BCUT2D eigenvalue weighted by atomic mass is 10.1. The number of aromatic nitrogens is 3. The summed E-state index contributed by atoms with van der Waals surface area (Å²) >= 11 is 5.88. The summed E-state index contributed by atoms with van der Waals surface area (Å²) in [5.74, 6) is -1.51. The molecule has 3 heterocycles. The first-order chi connectivity index (χ1) is 13.9. The van der Waals surface area contributed by atoms with Crippen LogP contribution in [-0.4, -0.2) is 68.5 Å². The molecule has 1 aromatic heterocycles. The molecule has 0 N–H and O–H groups in total. The van der Waals surface area contributed by atoms with Crippen LogP contribution in [0.1, 0.15) is 40.1 Å². The van der Waals surface area contributed by atoms with Crippen LogP contribution < -0.4 is 0 Å². The molecule has 7 nitrogen and oxygen atoms in total. The fourth-order valence-corrected chi connectivity index (χ4v) is 4.05. The summed E-state index contributed by atoms with van der Waals surface area (Å²) in [5, 5.41) is 8.11. The average Bonchev–Trinajstić information content (AvgIpc) is 3.44. The predicted molar refractivity (Wildman–Crippen MR) is 101 cm³/mol. The third-order valence-corrected chi connectivity index (χ3v) is 5.57. The van der Waals surface area contributed by atoms with Crippen LogP contribution >= 0.6 is 11.6 Å². The number of rotatable bonds is 4. The first kappa shape index (κ1) is 19.8. The highest BCUT2D eigenvalue weighted by atomic mass is 35.5. The van der Waals surface area contributed by atoms with Gasteiger partial charge in [-0.15, -0.1) is 5.10 Å². The Morgan fingerprint density at radius 1 is 1.21 bits per heavy atom. The third-order valence-electron chi connectivity index (χ3n) is 5.33. The SMILES string of the molecule is O=C(c1cn(C[C@@H]2C[C@H](F)CN2C(=O)c2cc(Cl)ccc2F)nn1)N1CCCC1. The monoisotopic (exact) mass is 423 g/mol. The molecular weight excluding hydrogens is 404 g/mol. The summed E-state index contributed by atoms with van der Waals surface area (Å²) in [6.45, 7) is 1.43. The Kier molecular flexibility index (Phi) is 5.49. The van der Waals surface area contributed by atoms with Crippen molar-refractivity contribution in [3.05, 3.63) is 46.5 Å². The molecule has 0 radical (unpaired) electrons. The molecule has 0 saturated carbocycles. The normalized spacial score (nSPS) is 21.8. The second kappa shape index (κ2) is 8.06. The minimum atomic E-state index is -1.22. The molecule has 2 saturated heterocycles. The number of nitrogens with zero attached hydrogens (tertiary/aromatic N) is 5. The van der Waals surface area contributed by atoms with E-state index in [0.717, 1.165) is 18.9 Å². The molecule has 10 heteroatoms. The summed E-state index contributed by atoms with van der Waals surface area (Å²) < 4.78 is 29.6. The molecule has 0 bridgehead atoms. The summed E-state index contributed by atoms with van der Waals surface area (Å²) in [6.07, 6.45) is 2.33. The van der Waals surface area contributed by atoms with Gasteiger partial charge in [-0.2, -0.15) is 0 Å². The highest BCUT2D eigenvalue weighted by Gasteiger charge is 2.37. The molecule has 2 atom stereocenters. The summed E-state index contributed by atoms with van der Waals surface area (Å²) in [6, 6.07) is 3.17. The Balaban J connectivity index is 1.49. The van der Waals surface area contributed by atoms with Crippen molar-refractivity contribution in [3.63, 3.8) is 0 Å². The Morgan fingerprint density at radius 3 is 2.72 bits per heavy atom. The van der Waals surface area contributed by atoms with Gasteiger partial charge >= 0.3 is 0 Å². The van der Waals surface area contributed by atoms with E-state index in [0.29, 0.717) is 13.1 Å². The van der Waals surface area contributed by atoms with Crippen molar-refractivity contribution in [3.8, 4) is 0 Å². The zero-order valence-electron chi connectivity index (χ0n) is 15.6. The molecule has 0 unspecified atom stereocenters. The maximum absolute atomic E-state index is 14.1. The number of likely N-dealkylation sites (tertiary alicyclic amines) is 2. The van der Waals surface area contributed by atoms with E-state index < -0.39 is 23.9 Å². The van der Waals surface area contributed by atoms with Crippen LogP contribution in [0.15, 0.2) is 24.4 Å². The number of carbonyl (C=O) groups excluding carboxylic acids is 2. The molecule has 2 aliphatic heterocycles. The van der Waals surface area contributed by atoms with E-state index in [2.05, 4.69) is 10.3 Å². The molecular formula is C19H20ClF2N5O2. The zero-order chi connectivity index (χ0) is 20.5. The maximum atomic E-state index is 14.1. The van der Waals surface area contributed by atoms with Gasteiger partial charge in [0.1, 0.15) is 12.0 Å². The Labute approximate surface area is 171 Å². The summed E-state index contributed by atoms with van der Waals surface area (Å²) in [7, 11) is 0. The lowest BCUT2D eigenvalue weighted by Gasteiger charge is -2.24. The van der Waals surface area contributed by atoms with Crippen LogP contribution in [0.4, 0.5) is 8.78 Å². The molecule has 29 heavy (non-hydrogen) atoms. The lowest BCUT2D eigenvalue weighted by Crippen LogP contribution is -2.38. The van der Waals surface area contributed by atoms with Gasteiger partial charge in [-0.1, -0.05) is 16.8 Å². The fourth-order valence-electron chi connectivity index (χ4n) is 3.88. The van der Waals surface area contributed by atoms with Crippen LogP contribution in [0.2, 0.25) is 5.02 Å². The number of benzene rings is 1. The highest BCUT2D eigenvalue weighted by Crippen LogP contribution is 2.26. The molecule has 0 aliphatic carbocycles. The molecule has 4 rings (SSSR count). The molecule has 2 fully saturated rings. The minimum absolute atomic E-state index is 0.100. The van der Waals surface area contributed by atoms with Crippen LogP contribution in [0.3, 0.4) is 0 Å². The van der Waals surface area contributed by atoms with E-state index in [1.807, 2.05) is 0 Å². The van der Waals surface area contributed by atoms with E-state index in [1.54, 1.807) is 4.90 Å². The lowest BCUT2D eigenvalue weighted by molar-refractivity contribution is 0.0708. The number of alkyl halides is 1. The van der Waals surface area contributed by atoms with E-state index in [1.165, 1.54) is 27.9 Å². The molecule has 2 amide bonds. The van der Waals surface area contributed by atoms with Crippen molar-refractivity contribution in [2.24, 2.45) is 0 Å². The van der Waals surface area contributed by atoms with Gasteiger partial charge < -0.3 is 9.80 Å². The van der Waals surface area contributed by atoms with E-state index in [4.69, 9.17) is 11.6 Å². The molecule has 0 spiro atoms. The average molecular weight is 424 g/mol. The van der Waals surface area contributed by atoms with E-state index in [-0.39, 0.29) is 41.7 Å². The second-order valence-electron chi connectivity index (χ2n) is 7.39.